The van der Waals surface area contributed by atoms with E-state index in [2.05, 4.69) is 25.0 Å². The molecule has 1 fully saturated rings. The normalized spacial score (nSPS) is 20.1. The Morgan fingerprint density at radius 2 is 1.94 bits per heavy atom. The van der Waals surface area contributed by atoms with Gasteiger partial charge in [0.1, 0.15) is 11.4 Å². The van der Waals surface area contributed by atoms with Crippen LogP contribution in [0.3, 0.4) is 0 Å². The van der Waals surface area contributed by atoms with Crippen LogP contribution in [-0.2, 0) is 21.7 Å². The Hall–Kier alpha value is -2.55. The van der Waals surface area contributed by atoms with E-state index in [9.17, 15) is 9.59 Å². The molecule has 0 aromatic carbocycles. The highest BCUT2D eigenvalue weighted by atomic mass is 16.5. The summed E-state index contributed by atoms with van der Waals surface area (Å²) in [6.45, 7) is 8.07. The predicted octanol–water partition coefficient (Wildman–Crippen LogP) is 2.62. The van der Waals surface area contributed by atoms with E-state index in [1.54, 1.807) is 7.11 Å². The molecule has 2 aromatic rings. The van der Waals surface area contributed by atoms with Crippen LogP contribution >= 0.6 is 0 Å². The first-order valence-corrected chi connectivity index (χ1v) is 11.6. The lowest BCUT2D eigenvalue weighted by atomic mass is 9.89. The lowest BCUT2D eigenvalue weighted by Gasteiger charge is -2.32. The minimum absolute atomic E-state index is 0.0716. The predicted molar refractivity (Wildman–Crippen MR) is 119 cm³/mol. The van der Waals surface area contributed by atoms with Crippen LogP contribution in [0, 0.1) is 6.92 Å². The first-order valence-electron chi connectivity index (χ1n) is 11.6. The van der Waals surface area contributed by atoms with E-state index in [-0.39, 0.29) is 23.3 Å². The van der Waals surface area contributed by atoms with Crippen molar-refractivity contribution in [2.45, 2.75) is 83.3 Å². The molecule has 2 aromatic heterocycles. The summed E-state index contributed by atoms with van der Waals surface area (Å²) in [6.07, 6.45) is 5.11. The van der Waals surface area contributed by atoms with Crippen molar-refractivity contribution in [2.75, 3.05) is 20.2 Å². The highest BCUT2D eigenvalue weighted by Crippen LogP contribution is 2.34. The third-order valence-corrected chi connectivity index (χ3v) is 7.05. The van der Waals surface area contributed by atoms with Gasteiger partial charge in [0.2, 0.25) is 5.91 Å². The van der Waals surface area contributed by atoms with Gasteiger partial charge in [-0.25, -0.2) is 5.10 Å². The maximum atomic E-state index is 13.2. The Morgan fingerprint density at radius 1 is 1.19 bits per heavy atom. The van der Waals surface area contributed by atoms with Gasteiger partial charge in [-0.2, -0.15) is 5.10 Å². The van der Waals surface area contributed by atoms with E-state index in [1.165, 1.54) is 0 Å². The van der Waals surface area contributed by atoms with Gasteiger partial charge in [0.05, 0.1) is 5.69 Å². The second-order valence-corrected chi connectivity index (χ2v) is 9.59. The second kappa shape index (κ2) is 9.13. The molecule has 1 unspecified atom stereocenters. The summed E-state index contributed by atoms with van der Waals surface area (Å²) in [5.74, 6) is 2.14. The first kappa shape index (κ1) is 22.6. The standard InChI is InChI=1S/C23H34N6O3/c1-15-13-18(21(31)26-24-15)16-8-11-28(12-9-16)19(30)14-17-7-5-6-10-29-20(17)25-27-22(29)23(2,3)32-4/h13,16-17H,5-12,14H2,1-4H3,(H,26,31). The lowest BCUT2D eigenvalue weighted by Crippen LogP contribution is -2.39. The summed E-state index contributed by atoms with van der Waals surface area (Å²) in [5, 5.41) is 15.5. The zero-order valence-electron chi connectivity index (χ0n) is 19.6. The SMILES string of the molecule is COC(C)(C)c1nnc2n1CCCCC2CC(=O)N1CCC(c2cc(C)n[nH]c2=O)CC1. The van der Waals surface area contributed by atoms with Gasteiger partial charge in [0.15, 0.2) is 5.82 Å². The number of H-pyrrole nitrogens is 1. The van der Waals surface area contributed by atoms with E-state index in [1.807, 2.05) is 31.7 Å². The minimum Gasteiger partial charge on any atom is -0.371 e. The molecule has 4 rings (SSSR count). The number of amides is 1. The molecule has 174 valence electrons. The highest BCUT2D eigenvalue weighted by Gasteiger charge is 2.34. The summed E-state index contributed by atoms with van der Waals surface area (Å²) < 4.78 is 7.80. The van der Waals surface area contributed by atoms with Gasteiger partial charge in [-0.05, 0) is 58.4 Å². The number of fused-ring (bicyclic) bond motifs is 1. The Kier molecular flexibility index (Phi) is 6.46. The minimum atomic E-state index is -0.519. The number of nitrogens with zero attached hydrogens (tertiary/aromatic N) is 5. The summed E-state index contributed by atoms with van der Waals surface area (Å²) in [7, 11) is 1.68. The number of carbonyl (C=O) groups is 1. The number of piperidine rings is 1. The number of carbonyl (C=O) groups excluding carboxylic acids is 1. The van der Waals surface area contributed by atoms with Crippen LogP contribution in [0.1, 0.15) is 87.1 Å². The fraction of sp³-hybridized carbons (Fsp3) is 0.696. The molecule has 1 atom stereocenters. The summed E-state index contributed by atoms with van der Waals surface area (Å²) in [5.41, 5.74) is 0.962. The molecule has 0 bridgehead atoms. The molecule has 2 aliphatic heterocycles. The van der Waals surface area contributed by atoms with Crippen molar-refractivity contribution in [3.05, 3.63) is 39.3 Å². The smallest absolute Gasteiger partial charge is 0.267 e. The number of hydrogen-bond acceptors (Lipinski definition) is 6. The number of rotatable bonds is 5. The number of hydrogen-bond donors (Lipinski definition) is 1. The lowest BCUT2D eigenvalue weighted by molar-refractivity contribution is -0.132. The molecule has 1 saturated heterocycles. The zero-order valence-corrected chi connectivity index (χ0v) is 19.6. The van der Waals surface area contributed by atoms with Crippen LogP contribution < -0.4 is 5.56 Å². The monoisotopic (exact) mass is 442 g/mol. The third kappa shape index (κ3) is 4.48. The summed E-state index contributed by atoms with van der Waals surface area (Å²) >= 11 is 0. The molecule has 1 N–H and O–H groups in total. The molecule has 1 amide bonds. The molecule has 9 heteroatoms. The second-order valence-electron chi connectivity index (χ2n) is 9.59. The van der Waals surface area contributed by atoms with Crippen LogP contribution in [0.15, 0.2) is 10.9 Å². The van der Waals surface area contributed by atoms with Crippen molar-refractivity contribution in [3.63, 3.8) is 0 Å². The van der Waals surface area contributed by atoms with Gasteiger partial charge in [0, 0.05) is 44.6 Å². The number of aromatic amines is 1. The van der Waals surface area contributed by atoms with Crippen molar-refractivity contribution in [1.82, 2.24) is 29.9 Å². The van der Waals surface area contributed by atoms with E-state index in [0.717, 1.165) is 61.6 Å². The number of likely N-dealkylation sites (tertiary alicyclic amines) is 1. The largest absolute Gasteiger partial charge is 0.371 e. The molecule has 32 heavy (non-hydrogen) atoms. The fourth-order valence-electron chi connectivity index (χ4n) is 4.97. The van der Waals surface area contributed by atoms with Crippen LogP contribution in [0.25, 0.3) is 0 Å². The molecular weight excluding hydrogens is 408 g/mol. The van der Waals surface area contributed by atoms with Gasteiger partial charge < -0.3 is 14.2 Å². The Balaban J connectivity index is 1.43. The first-order chi connectivity index (χ1) is 15.3. The number of aromatic nitrogens is 5. The number of methoxy groups -OCH3 is 1. The van der Waals surface area contributed by atoms with Crippen LogP contribution in [0.4, 0.5) is 0 Å². The van der Waals surface area contributed by atoms with E-state index < -0.39 is 5.60 Å². The maximum absolute atomic E-state index is 13.2. The van der Waals surface area contributed by atoms with Gasteiger partial charge in [0.25, 0.3) is 5.56 Å². The van der Waals surface area contributed by atoms with Crippen molar-refractivity contribution in [1.29, 1.82) is 0 Å². The zero-order chi connectivity index (χ0) is 22.9. The highest BCUT2D eigenvalue weighted by molar-refractivity contribution is 5.77. The summed E-state index contributed by atoms with van der Waals surface area (Å²) in [4.78, 5) is 27.3. The van der Waals surface area contributed by atoms with Crippen molar-refractivity contribution >= 4 is 5.91 Å². The summed E-state index contributed by atoms with van der Waals surface area (Å²) in [6, 6.07) is 1.87. The van der Waals surface area contributed by atoms with E-state index in [0.29, 0.717) is 19.5 Å². The van der Waals surface area contributed by atoms with Crippen LogP contribution in [-0.4, -0.2) is 56.0 Å². The van der Waals surface area contributed by atoms with Crippen molar-refractivity contribution in [2.24, 2.45) is 0 Å². The Morgan fingerprint density at radius 3 is 2.66 bits per heavy atom. The number of nitrogens with one attached hydrogen (secondary N) is 1. The van der Waals surface area contributed by atoms with Gasteiger partial charge in [-0.15, -0.1) is 10.2 Å². The maximum Gasteiger partial charge on any atom is 0.267 e. The Bertz CT molecular complexity index is 1020. The molecule has 9 nitrogen and oxygen atoms in total. The fourth-order valence-corrected chi connectivity index (χ4v) is 4.97. The molecule has 0 aliphatic carbocycles. The third-order valence-electron chi connectivity index (χ3n) is 7.05. The van der Waals surface area contributed by atoms with E-state index >= 15 is 0 Å². The van der Waals surface area contributed by atoms with Gasteiger partial charge in [-0.3, -0.25) is 9.59 Å². The molecule has 0 spiro atoms. The van der Waals surface area contributed by atoms with Crippen LogP contribution in [0.5, 0.6) is 0 Å². The molecule has 2 aliphatic rings. The molecule has 4 heterocycles. The molecule has 0 saturated carbocycles. The topological polar surface area (TPSA) is 106 Å². The molecule has 0 radical (unpaired) electrons. The average molecular weight is 443 g/mol. The quantitative estimate of drug-likeness (QED) is 0.763. The Labute approximate surface area is 188 Å². The van der Waals surface area contributed by atoms with E-state index in [4.69, 9.17) is 4.74 Å². The van der Waals surface area contributed by atoms with Gasteiger partial charge in [-0.1, -0.05) is 6.42 Å². The van der Waals surface area contributed by atoms with Crippen molar-refractivity contribution < 1.29 is 9.53 Å². The number of ether oxygens (including phenoxy) is 1. The molecular formula is C23H34N6O3. The van der Waals surface area contributed by atoms with Crippen molar-refractivity contribution in [3.8, 4) is 0 Å². The average Bonchev–Trinajstić information content (AvgIpc) is 3.13. The number of aryl methyl sites for hydroxylation is 1. The van der Waals surface area contributed by atoms with Gasteiger partial charge >= 0.3 is 0 Å². The van der Waals surface area contributed by atoms with Crippen LogP contribution in [0.2, 0.25) is 0 Å².